The summed E-state index contributed by atoms with van der Waals surface area (Å²) in [6.45, 7) is 4.36. The molecule has 0 bridgehead atoms. The van der Waals surface area contributed by atoms with Crippen LogP contribution in [0.2, 0.25) is 0 Å². The molecule has 6 nitrogen and oxygen atoms in total. The average molecular weight is 477 g/mol. The first-order valence-electron chi connectivity index (χ1n) is 12.9. The zero-order valence-corrected chi connectivity index (χ0v) is 20.7. The van der Waals surface area contributed by atoms with Crippen LogP contribution in [0, 0.1) is 11.8 Å². The number of nitrogens with zero attached hydrogens (tertiary/aromatic N) is 2. The maximum absolute atomic E-state index is 13.3. The minimum atomic E-state index is -0.515. The van der Waals surface area contributed by atoms with E-state index in [-0.39, 0.29) is 29.3 Å². The lowest BCUT2D eigenvalue weighted by molar-refractivity contribution is -0.131. The zero-order valence-electron chi connectivity index (χ0n) is 20.7. The van der Waals surface area contributed by atoms with Crippen LogP contribution >= 0.6 is 0 Å². The molecule has 3 fully saturated rings. The lowest BCUT2D eigenvalue weighted by Crippen LogP contribution is -2.61. The molecule has 6 heteroatoms. The van der Waals surface area contributed by atoms with E-state index in [1.165, 1.54) is 19.8 Å². The number of hydrogen-bond donors (Lipinski definition) is 1. The number of amides is 1. The van der Waals surface area contributed by atoms with E-state index in [1.54, 1.807) is 6.07 Å². The van der Waals surface area contributed by atoms with Crippen molar-refractivity contribution in [2.75, 3.05) is 26.7 Å². The largest absolute Gasteiger partial charge is 0.427 e. The molecule has 3 aliphatic rings. The van der Waals surface area contributed by atoms with Gasteiger partial charge in [0.2, 0.25) is 0 Å². The molecule has 186 valence electrons. The van der Waals surface area contributed by atoms with E-state index < -0.39 is 6.10 Å². The number of piperidine rings is 1. The van der Waals surface area contributed by atoms with Crippen LogP contribution in [0.1, 0.15) is 54.9 Å². The molecule has 5 rings (SSSR count). The summed E-state index contributed by atoms with van der Waals surface area (Å²) in [7, 11) is 1.86. The summed E-state index contributed by atoms with van der Waals surface area (Å²) in [6, 6.07) is 17.1. The Hall–Kier alpha value is -2.70. The number of likely N-dealkylation sites (tertiary alicyclic amines) is 1. The number of carbonyl (C=O) groups is 2. The number of esters is 1. The van der Waals surface area contributed by atoms with Gasteiger partial charge < -0.3 is 19.6 Å². The Morgan fingerprint density at radius 3 is 2.63 bits per heavy atom. The molecule has 0 spiro atoms. The first-order valence-corrected chi connectivity index (χ1v) is 12.9. The van der Waals surface area contributed by atoms with Gasteiger partial charge in [0.25, 0.3) is 5.91 Å². The van der Waals surface area contributed by atoms with E-state index in [0.29, 0.717) is 17.7 Å². The highest BCUT2D eigenvalue weighted by molar-refractivity contribution is 5.94. The number of fused-ring (bicyclic) bond motifs is 1. The summed E-state index contributed by atoms with van der Waals surface area (Å²) in [5, 5.41) is 11.5. The Kier molecular flexibility index (Phi) is 6.69. The Morgan fingerprint density at radius 1 is 1.14 bits per heavy atom. The Labute approximate surface area is 207 Å². The molecular weight excluding hydrogens is 440 g/mol. The van der Waals surface area contributed by atoms with E-state index in [1.807, 2.05) is 54.4 Å². The molecular formula is C29H36N2O4. The molecule has 2 aromatic rings. The molecule has 1 aliphatic heterocycles. The lowest BCUT2D eigenvalue weighted by atomic mass is 9.56. The molecule has 2 saturated carbocycles. The summed E-state index contributed by atoms with van der Waals surface area (Å²) >= 11 is 0. The second-order valence-corrected chi connectivity index (χ2v) is 10.8. The van der Waals surface area contributed by atoms with Crippen LogP contribution in [0.25, 0.3) is 0 Å². The normalized spacial score (nSPS) is 28.7. The minimum Gasteiger partial charge on any atom is -0.427 e. The van der Waals surface area contributed by atoms with E-state index in [4.69, 9.17) is 4.74 Å². The monoisotopic (exact) mass is 476 g/mol. The van der Waals surface area contributed by atoms with Crippen LogP contribution in [0.5, 0.6) is 5.75 Å². The highest BCUT2D eigenvalue weighted by Gasteiger charge is 2.53. The van der Waals surface area contributed by atoms with E-state index in [0.717, 1.165) is 44.0 Å². The SMILES string of the molecule is CC(=O)Oc1cccc(C23CCN(CC4CC4)CC2C(O)C[C@H](N(C)C(=O)c2ccccc2)C3)c1. The number of carbonyl (C=O) groups excluding carboxylic acids is 2. The van der Waals surface area contributed by atoms with Crippen molar-refractivity contribution in [2.45, 2.75) is 56.6 Å². The fourth-order valence-corrected chi connectivity index (χ4v) is 6.37. The van der Waals surface area contributed by atoms with Crippen LogP contribution in [0.4, 0.5) is 0 Å². The summed E-state index contributed by atoms with van der Waals surface area (Å²) in [4.78, 5) is 29.3. The van der Waals surface area contributed by atoms with Crippen molar-refractivity contribution >= 4 is 11.9 Å². The molecule has 3 unspecified atom stereocenters. The molecule has 1 amide bonds. The van der Waals surface area contributed by atoms with Gasteiger partial charge >= 0.3 is 5.97 Å². The maximum Gasteiger partial charge on any atom is 0.308 e. The first kappa shape index (κ1) is 24.0. The summed E-state index contributed by atoms with van der Waals surface area (Å²) in [6.07, 6.45) is 4.38. The standard InChI is InChI=1S/C29H36N2O4/c1-20(32)35-25-10-6-9-23(15-25)29-13-14-31(18-21-11-12-21)19-26(29)27(33)16-24(17-29)30(2)28(34)22-7-4-3-5-8-22/h3-10,15,21,24,26-27,33H,11-14,16-19H2,1-2H3/t24-,26?,27?,29?/m0/s1. The number of aliphatic hydroxyl groups is 1. The average Bonchev–Trinajstić information content (AvgIpc) is 3.68. The molecule has 1 saturated heterocycles. The quantitative estimate of drug-likeness (QED) is 0.506. The number of aliphatic hydroxyl groups excluding tert-OH is 1. The molecule has 35 heavy (non-hydrogen) atoms. The molecule has 1 N–H and O–H groups in total. The van der Waals surface area contributed by atoms with Crippen LogP contribution in [-0.4, -0.2) is 65.6 Å². The third-order valence-corrected chi connectivity index (χ3v) is 8.39. The van der Waals surface area contributed by atoms with Gasteiger partial charge in [-0.1, -0.05) is 30.3 Å². The van der Waals surface area contributed by atoms with Crippen molar-refractivity contribution in [2.24, 2.45) is 11.8 Å². The second-order valence-electron chi connectivity index (χ2n) is 10.8. The molecule has 0 radical (unpaired) electrons. The van der Waals surface area contributed by atoms with Crippen molar-refractivity contribution in [3.8, 4) is 5.75 Å². The number of rotatable bonds is 6. The van der Waals surface area contributed by atoms with Crippen LogP contribution in [0.15, 0.2) is 54.6 Å². The van der Waals surface area contributed by atoms with Crippen LogP contribution < -0.4 is 4.74 Å². The number of hydrogen-bond acceptors (Lipinski definition) is 5. The summed E-state index contributed by atoms with van der Waals surface area (Å²) in [5.74, 6) is 1.05. The van der Waals surface area contributed by atoms with Gasteiger partial charge in [-0.25, -0.2) is 0 Å². The molecule has 0 aromatic heterocycles. The Morgan fingerprint density at radius 2 is 1.91 bits per heavy atom. The third kappa shape index (κ3) is 5.00. The minimum absolute atomic E-state index is 0.0174. The maximum atomic E-state index is 13.3. The van der Waals surface area contributed by atoms with E-state index >= 15 is 0 Å². The van der Waals surface area contributed by atoms with Gasteiger partial charge in [0.05, 0.1) is 6.10 Å². The van der Waals surface area contributed by atoms with Crippen LogP contribution in [-0.2, 0) is 10.2 Å². The predicted molar refractivity (Wildman–Crippen MR) is 134 cm³/mol. The van der Waals surface area contributed by atoms with Crippen molar-refractivity contribution in [1.29, 1.82) is 0 Å². The van der Waals surface area contributed by atoms with E-state index in [9.17, 15) is 14.7 Å². The van der Waals surface area contributed by atoms with Crippen molar-refractivity contribution < 1.29 is 19.4 Å². The highest BCUT2D eigenvalue weighted by atomic mass is 16.5. The summed E-state index contributed by atoms with van der Waals surface area (Å²) in [5.41, 5.74) is 1.47. The van der Waals surface area contributed by atoms with Crippen molar-refractivity contribution in [3.05, 3.63) is 65.7 Å². The first-order chi connectivity index (χ1) is 16.9. The fraction of sp³-hybridized carbons (Fsp3) is 0.517. The highest BCUT2D eigenvalue weighted by Crippen LogP contribution is 2.51. The molecule has 2 aromatic carbocycles. The number of benzene rings is 2. The van der Waals surface area contributed by atoms with Crippen molar-refractivity contribution in [1.82, 2.24) is 9.80 Å². The van der Waals surface area contributed by atoms with Gasteiger partial charge in [-0.3, -0.25) is 9.59 Å². The molecule has 4 atom stereocenters. The lowest BCUT2D eigenvalue weighted by Gasteiger charge is -2.56. The van der Waals surface area contributed by atoms with Crippen LogP contribution in [0.3, 0.4) is 0 Å². The third-order valence-electron chi connectivity index (χ3n) is 8.39. The Balaban J connectivity index is 1.46. The van der Waals surface area contributed by atoms with Gasteiger partial charge in [0.15, 0.2) is 0 Å². The second kappa shape index (κ2) is 9.75. The topological polar surface area (TPSA) is 70.1 Å². The fourth-order valence-electron chi connectivity index (χ4n) is 6.37. The van der Waals surface area contributed by atoms with E-state index in [2.05, 4.69) is 11.0 Å². The molecule has 2 aliphatic carbocycles. The molecule has 1 heterocycles. The smallest absolute Gasteiger partial charge is 0.308 e. The van der Waals surface area contributed by atoms with Gasteiger partial charge in [-0.15, -0.1) is 0 Å². The van der Waals surface area contributed by atoms with Gasteiger partial charge in [-0.05, 0) is 74.4 Å². The van der Waals surface area contributed by atoms with Gasteiger partial charge in [-0.2, -0.15) is 0 Å². The summed E-state index contributed by atoms with van der Waals surface area (Å²) < 4.78 is 5.42. The van der Waals surface area contributed by atoms with Crippen molar-refractivity contribution in [3.63, 3.8) is 0 Å². The Bertz CT molecular complexity index is 1070. The number of ether oxygens (including phenoxy) is 1. The van der Waals surface area contributed by atoms with Gasteiger partial charge in [0, 0.05) is 50.0 Å². The van der Waals surface area contributed by atoms with Gasteiger partial charge in [0.1, 0.15) is 5.75 Å². The predicted octanol–water partition coefficient (Wildman–Crippen LogP) is 3.88. The zero-order chi connectivity index (χ0) is 24.6.